The minimum absolute atomic E-state index is 0.0339. The van der Waals surface area contributed by atoms with Gasteiger partial charge in [0, 0.05) is 38.7 Å². The first-order chi connectivity index (χ1) is 13.0. The molecule has 2 aromatic rings. The highest BCUT2D eigenvalue weighted by Gasteiger charge is 2.40. The maximum atomic E-state index is 12.6. The van der Waals surface area contributed by atoms with Crippen LogP contribution in [0.3, 0.4) is 0 Å². The van der Waals surface area contributed by atoms with Crippen molar-refractivity contribution in [1.29, 1.82) is 0 Å². The largest absolute Gasteiger partial charge is 0.481 e. The zero-order valence-electron chi connectivity index (χ0n) is 15.0. The molecule has 1 amide bonds. The summed E-state index contributed by atoms with van der Waals surface area (Å²) in [5, 5.41) is 13.7. The van der Waals surface area contributed by atoms with Gasteiger partial charge in [0.05, 0.1) is 12.1 Å². The van der Waals surface area contributed by atoms with E-state index in [0.29, 0.717) is 30.9 Å². The van der Waals surface area contributed by atoms with E-state index in [0.717, 1.165) is 11.1 Å². The molecular weight excluding hydrogens is 350 g/mol. The molecule has 3 heterocycles. The van der Waals surface area contributed by atoms with Crippen LogP contribution >= 0.6 is 0 Å². The third kappa shape index (κ3) is 3.47. The number of hydrogen-bond acceptors (Lipinski definition) is 5. The van der Waals surface area contributed by atoms with Crippen molar-refractivity contribution in [3.05, 3.63) is 41.7 Å². The third-order valence-electron chi connectivity index (χ3n) is 5.20. The van der Waals surface area contributed by atoms with E-state index in [1.165, 1.54) is 0 Å². The van der Waals surface area contributed by atoms with Crippen molar-refractivity contribution in [3.63, 3.8) is 0 Å². The molecule has 1 aromatic carbocycles. The smallest absolute Gasteiger partial charge is 0.308 e. The number of hydrogen-bond donors (Lipinski definition) is 1. The van der Waals surface area contributed by atoms with Crippen LogP contribution in [-0.4, -0.2) is 51.5 Å². The predicted molar refractivity (Wildman–Crippen MR) is 94.5 cm³/mol. The van der Waals surface area contributed by atoms with E-state index in [9.17, 15) is 14.7 Å². The number of carbonyl (C=O) groups excluding carboxylic acids is 1. The number of ether oxygens (including phenoxy) is 2. The Morgan fingerprint density at radius 3 is 2.81 bits per heavy atom. The van der Waals surface area contributed by atoms with E-state index in [1.54, 1.807) is 21.8 Å². The number of fused-ring (bicyclic) bond motifs is 1. The number of aromatic nitrogens is 2. The lowest BCUT2D eigenvalue weighted by atomic mass is 9.89. The Morgan fingerprint density at radius 2 is 2.07 bits per heavy atom. The molecule has 1 aromatic heterocycles. The van der Waals surface area contributed by atoms with Crippen LogP contribution in [0.1, 0.15) is 23.5 Å². The zero-order valence-corrected chi connectivity index (χ0v) is 15.0. The monoisotopic (exact) mass is 371 g/mol. The summed E-state index contributed by atoms with van der Waals surface area (Å²) in [6, 6.07) is 5.48. The summed E-state index contributed by atoms with van der Waals surface area (Å²) in [5.41, 5.74) is 1.85. The van der Waals surface area contributed by atoms with Crippen molar-refractivity contribution in [2.45, 2.75) is 18.8 Å². The van der Waals surface area contributed by atoms with E-state index in [2.05, 4.69) is 5.10 Å². The van der Waals surface area contributed by atoms with Crippen LogP contribution < -0.4 is 9.47 Å². The van der Waals surface area contributed by atoms with Crippen LogP contribution in [-0.2, 0) is 23.1 Å². The standard InChI is InChI=1S/C19H21N3O5/c1-21-8-12(7-20-21)2-5-18(23)22-9-14(15(10-22)19(24)25)13-3-4-16-17(6-13)27-11-26-16/h3-4,6-8,14-15H,2,5,9-11H2,1H3,(H,24,25)/t14-,15+/m0/s1. The number of benzene rings is 1. The van der Waals surface area contributed by atoms with Crippen LogP contribution in [0, 0.1) is 5.92 Å². The predicted octanol–water partition coefficient (Wildman–Crippen LogP) is 1.41. The number of amides is 1. The number of rotatable bonds is 5. The number of carboxylic acid groups (broad SMARTS) is 1. The summed E-state index contributed by atoms with van der Waals surface area (Å²) >= 11 is 0. The molecule has 27 heavy (non-hydrogen) atoms. The van der Waals surface area contributed by atoms with Gasteiger partial charge in [-0.05, 0) is 29.7 Å². The topological polar surface area (TPSA) is 93.9 Å². The van der Waals surface area contributed by atoms with E-state index >= 15 is 0 Å². The number of likely N-dealkylation sites (tertiary alicyclic amines) is 1. The highest BCUT2D eigenvalue weighted by Crippen LogP contribution is 2.39. The van der Waals surface area contributed by atoms with Crippen LogP contribution in [0.2, 0.25) is 0 Å². The lowest BCUT2D eigenvalue weighted by Crippen LogP contribution is -2.30. The molecule has 0 saturated carbocycles. The van der Waals surface area contributed by atoms with Gasteiger partial charge < -0.3 is 19.5 Å². The number of aryl methyl sites for hydroxylation is 2. The summed E-state index contributed by atoms with van der Waals surface area (Å²) in [7, 11) is 1.83. The first-order valence-electron chi connectivity index (χ1n) is 8.89. The fourth-order valence-electron chi connectivity index (χ4n) is 3.75. The molecule has 0 aliphatic carbocycles. The SMILES string of the molecule is Cn1cc(CCC(=O)N2C[C@@H](C(=O)O)[C@H](c3ccc4c(c3)OCO4)C2)cn1. The van der Waals surface area contributed by atoms with Crippen LogP contribution in [0.15, 0.2) is 30.6 Å². The second-order valence-electron chi connectivity index (χ2n) is 6.98. The molecule has 8 heteroatoms. The molecule has 0 radical (unpaired) electrons. The Kier molecular flexibility index (Phi) is 4.47. The van der Waals surface area contributed by atoms with E-state index in [1.807, 2.05) is 25.4 Å². The third-order valence-corrected chi connectivity index (χ3v) is 5.20. The minimum Gasteiger partial charge on any atom is -0.481 e. The van der Waals surface area contributed by atoms with Gasteiger partial charge in [0.1, 0.15) is 0 Å². The molecule has 8 nitrogen and oxygen atoms in total. The average Bonchev–Trinajstić information content (AvgIpc) is 3.37. The Labute approximate surface area is 156 Å². The van der Waals surface area contributed by atoms with Crippen LogP contribution in [0.4, 0.5) is 0 Å². The molecule has 1 fully saturated rings. The van der Waals surface area contributed by atoms with Gasteiger partial charge in [-0.1, -0.05) is 6.07 Å². The zero-order chi connectivity index (χ0) is 19.0. The molecule has 0 bridgehead atoms. The molecule has 1 saturated heterocycles. The maximum Gasteiger partial charge on any atom is 0.308 e. The lowest BCUT2D eigenvalue weighted by Gasteiger charge is -2.16. The minimum atomic E-state index is -0.889. The lowest BCUT2D eigenvalue weighted by molar-refractivity contribution is -0.141. The molecule has 2 aliphatic heterocycles. The number of aliphatic carboxylic acids is 1. The summed E-state index contributed by atoms with van der Waals surface area (Å²) in [6.45, 7) is 0.785. The summed E-state index contributed by atoms with van der Waals surface area (Å²) in [6.07, 6.45) is 4.56. The number of nitrogens with zero attached hydrogens (tertiary/aromatic N) is 3. The number of carboxylic acids is 1. The number of carbonyl (C=O) groups is 2. The first kappa shape index (κ1) is 17.4. The van der Waals surface area contributed by atoms with Gasteiger partial charge in [-0.25, -0.2) is 0 Å². The summed E-state index contributed by atoms with van der Waals surface area (Å²) < 4.78 is 12.4. The molecular formula is C19H21N3O5. The highest BCUT2D eigenvalue weighted by atomic mass is 16.7. The Hall–Kier alpha value is -3.03. The molecule has 1 N–H and O–H groups in total. The maximum absolute atomic E-state index is 12.6. The van der Waals surface area contributed by atoms with Gasteiger partial charge in [0.15, 0.2) is 11.5 Å². The van der Waals surface area contributed by atoms with E-state index in [4.69, 9.17) is 9.47 Å². The fraction of sp³-hybridized carbons (Fsp3) is 0.421. The average molecular weight is 371 g/mol. The molecule has 4 rings (SSSR count). The molecule has 0 unspecified atom stereocenters. The Bertz CT molecular complexity index is 878. The molecule has 0 spiro atoms. The summed E-state index contributed by atoms with van der Waals surface area (Å²) in [4.78, 5) is 26.0. The molecule has 142 valence electrons. The van der Waals surface area contributed by atoms with Crippen molar-refractivity contribution in [1.82, 2.24) is 14.7 Å². The Balaban J connectivity index is 1.46. The van der Waals surface area contributed by atoms with E-state index < -0.39 is 11.9 Å². The van der Waals surface area contributed by atoms with Crippen molar-refractivity contribution in [3.8, 4) is 11.5 Å². The van der Waals surface area contributed by atoms with Gasteiger partial charge in [-0.3, -0.25) is 14.3 Å². The van der Waals surface area contributed by atoms with Gasteiger partial charge in [0.25, 0.3) is 0 Å². The van der Waals surface area contributed by atoms with Gasteiger partial charge in [0.2, 0.25) is 12.7 Å². The van der Waals surface area contributed by atoms with Crippen LogP contribution in [0.5, 0.6) is 11.5 Å². The van der Waals surface area contributed by atoms with Crippen molar-refractivity contribution in [2.24, 2.45) is 13.0 Å². The normalized spacial score (nSPS) is 20.9. The van der Waals surface area contributed by atoms with Gasteiger partial charge in [-0.15, -0.1) is 0 Å². The highest BCUT2D eigenvalue weighted by molar-refractivity contribution is 5.80. The van der Waals surface area contributed by atoms with Gasteiger partial charge >= 0.3 is 5.97 Å². The first-order valence-corrected chi connectivity index (χ1v) is 8.89. The van der Waals surface area contributed by atoms with E-state index in [-0.39, 0.29) is 25.2 Å². The Morgan fingerprint density at radius 1 is 1.26 bits per heavy atom. The van der Waals surface area contributed by atoms with Crippen molar-refractivity contribution in [2.75, 3.05) is 19.9 Å². The second-order valence-corrected chi connectivity index (χ2v) is 6.98. The van der Waals surface area contributed by atoms with Gasteiger partial charge in [-0.2, -0.15) is 5.10 Å². The molecule has 2 aliphatic rings. The van der Waals surface area contributed by atoms with Crippen molar-refractivity contribution >= 4 is 11.9 Å². The second kappa shape index (κ2) is 6.94. The fourth-order valence-corrected chi connectivity index (χ4v) is 3.75. The van der Waals surface area contributed by atoms with Crippen LogP contribution in [0.25, 0.3) is 0 Å². The molecule has 2 atom stereocenters. The summed E-state index contributed by atoms with van der Waals surface area (Å²) in [5.74, 6) is -0.536. The van der Waals surface area contributed by atoms with Crippen molar-refractivity contribution < 1.29 is 24.2 Å². The quantitative estimate of drug-likeness (QED) is 0.854.